The minimum Gasteiger partial charge on any atom is -0.483 e. The van der Waals surface area contributed by atoms with Gasteiger partial charge in [0, 0.05) is 24.3 Å². The topological polar surface area (TPSA) is 70.7 Å². The summed E-state index contributed by atoms with van der Waals surface area (Å²) in [7, 11) is 0. The predicted molar refractivity (Wildman–Crippen MR) is 126 cm³/mol. The lowest BCUT2D eigenvalue weighted by Gasteiger charge is -2.18. The standard InChI is InChI=1S/C25H35N3O3/c1-6-28(7-2)15-14-26-25(30)20-9-11-21(12-10-20)27-24(29)17-31-23-16-19(5)8-13-22(23)18(3)4/h8-13,16,18H,6-7,14-15,17H2,1-5H3,(H,26,30)(H,27,29). The van der Waals surface area contributed by atoms with Crippen molar-refractivity contribution in [1.29, 1.82) is 0 Å². The van der Waals surface area contributed by atoms with Crippen LogP contribution in [-0.2, 0) is 4.79 Å². The lowest BCUT2D eigenvalue weighted by Crippen LogP contribution is -2.34. The van der Waals surface area contributed by atoms with Crippen LogP contribution < -0.4 is 15.4 Å². The van der Waals surface area contributed by atoms with Crippen LogP contribution in [0.3, 0.4) is 0 Å². The van der Waals surface area contributed by atoms with E-state index in [-0.39, 0.29) is 18.4 Å². The van der Waals surface area contributed by atoms with Gasteiger partial charge in [0.05, 0.1) is 0 Å². The largest absolute Gasteiger partial charge is 0.483 e. The van der Waals surface area contributed by atoms with Crippen LogP contribution in [0, 0.1) is 6.92 Å². The van der Waals surface area contributed by atoms with Crippen molar-refractivity contribution < 1.29 is 14.3 Å². The highest BCUT2D eigenvalue weighted by Crippen LogP contribution is 2.27. The number of nitrogens with one attached hydrogen (secondary N) is 2. The van der Waals surface area contributed by atoms with Gasteiger partial charge < -0.3 is 20.3 Å². The number of benzene rings is 2. The number of nitrogens with zero attached hydrogens (tertiary/aromatic N) is 1. The smallest absolute Gasteiger partial charge is 0.262 e. The Kier molecular flexibility index (Phi) is 9.53. The zero-order valence-electron chi connectivity index (χ0n) is 19.3. The van der Waals surface area contributed by atoms with Crippen molar-refractivity contribution in [2.24, 2.45) is 0 Å². The van der Waals surface area contributed by atoms with E-state index in [0.29, 0.717) is 23.7 Å². The van der Waals surface area contributed by atoms with Crippen LogP contribution in [0.1, 0.15) is 55.1 Å². The highest BCUT2D eigenvalue weighted by molar-refractivity contribution is 5.96. The quantitative estimate of drug-likeness (QED) is 0.566. The normalized spacial score (nSPS) is 10.9. The first-order valence-corrected chi connectivity index (χ1v) is 11.0. The molecule has 2 aromatic rings. The Morgan fingerprint density at radius 1 is 1.03 bits per heavy atom. The Hall–Kier alpha value is -2.86. The number of hydrogen-bond acceptors (Lipinski definition) is 4. The van der Waals surface area contributed by atoms with Gasteiger partial charge in [-0.25, -0.2) is 0 Å². The van der Waals surface area contributed by atoms with Gasteiger partial charge in [0.2, 0.25) is 0 Å². The van der Waals surface area contributed by atoms with E-state index in [1.807, 2.05) is 25.1 Å². The first kappa shape index (κ1) is 24.4. The summed E-state index contributed by atoms with van der Waals surface area (Å²) in [5.74, 6) is 0.688. The average Bonchev–Trinajstić information content (AvgIpc) is 2.75. The van der Waals surface area contributed by atoms with E-state index in [0.717, 1.165) is 36.5 Å². The molecule has 0 aromatic heterocycles. The van der Waals surface area contributed by atoms with E-state index in [1.54, 1.807) is 24.3 Å². The second kappa shape index (κ2) is 12.1. The van der Waals surface area contributed by atoms with Crippen LogP contribution in [0.15, 0.2) is 42.5 Å². The third-order valence-electron chi connectivity index (χ3n) is 5.19. The van der Waals surface area contributed by atoms with Crippen molar-refractivity contribution in [1.82, 2.24) is 10.2 Å². The van der Waals surface area contributed by atoms with Gasteiger partial charge >= 0.3 is 0 Å². The van der Waals surface area contributed by atoms with E-state index in [2.05, 4.69) is 43.2 Å². The fourth-order valence-electron chi connectivity index (χ4n) is 3.26. The second-order valence-corrected chi connectivity index (χ2v) is 7.89. The summed E-state index contributed by atoms with van der Waals surface area (Å²) in [6, 6.07) is 12.9. The zero-order valence-corrected chi connectivity index (χ0v) is 19.3. The van der Waals surface area contributed by atoms with E-state index in [1.165, 1.54) is 0 Å². The second-order valence-electron chi connectivity index (χ2n) is 7.89. The van der Waals surface area contributed by atoms with Gasteiger partial charge in [-0.05, 0) is 67.4 Å². The number of aryl methyl sites for hydroxylation is 1. The van der Waals surface area contributed by atoms with E-state index >= 15 is 0 Å². The third kappa shape index (κ3) is 7.72. The predicted octanol–water partition coefficient (Wildman–Crippen LogP) is 4.21. The highest BCUT2D eigenvalue weighted by atomic mass is 16.5. The Bertz CT molecular complexity index is 859. The first-order valence-electron chi connectivity index (χ1n) is 11.0. The molecule has 168 valence electrons. The molecule has 6 nitrogen and oxygen atoms in total. The number of carbonyl (C=O) groups is 2. The molecule has 2 rings (SSSR count). The maximum atomic E-state index is 12.3. The van der Waals surface area contributed by atoms with Crippen LogP contribution in [0.5, 0.6) is 5.75 Å². The number of ether oxygens (including phenoxy) is 1. The molecule has 0 fully saturated rings. The summed E-state index contributed by atoms with van der Waals surface area (Å²) < 4.78 is 5.78. The summed E-state index contributed by atoms with van der Waals surface area (Å²) in [5.41, 5.74) is 3.36. The van der Waals surface area contributed by atoms with Gasteiger partial charge in [0.15, 0.2) is 6.61 Å². The van der Waals surface area contributed by atoms with Crippen LogP contribution in [0.25, 0.3) is 0 Å². The molecule has 31 heavy (non-hydrogen) atoms. The van der Waals surface area contributed by atoms with Crippen LogP contribution in [0.4, 0.5) is 5.69 Å². The van der Waals surface area contributed by atoms with Gasteiger partial charge in [0.25, 0.3) is 11.8 Å². The van der Waals surface area contributed by atoms with Crippen LogP contribution >= 0.6 is 0 Å². The minimum atomic E-state index is -0.243. The molecule has 0 bridgehead atoms. The molecule has 0 heterocycles. The number of likely N-dealkylation sites (N-methyl/N-ethyl adjacent to an activating group) is 1. The molecule has 0 saturated carbocycles. The maximum absolute atomic E-state index is 12.3. The molecule has 0 saturated heterocycles. The van der Waals surface area contributed by atoms with Crippen LogP contribution in [0.2, 0.25) is 0 Å². The number of hydrogen-bond donors (Lipinski definition) is 2. The van der Waals surface area contributed by atoms with E-state index < -0.39 is 0 Å². The number of anilines is 1. The van der Waals surface area contributed by atoms with E-state index in [9.17, 15) is 9.59 Å². The Morgan fingerprint density at radius 2 is 1.71 bits per heavy atom. The summed E-state index contributed by atoms with van der Waals surface area (Å²) in [4.78, 5) is 26.8. The molecular weight excluding hydrogens is 390 g/mol. The van der Waals surface area contributed by atoms with Gasteiger partial charge in [-0.3, -0.25) is 9.59 Å². The molecule has 6 heteroatoms. The molecule has 0 radical (unpaired) electrons. The molecule has 0 aliphatic heterocycles. The molecule has 0 atom stereocenters. The maximum Gasteiger partial charge on any atom is 0.262 e. The summed E-state index contributed by atoms with van der Waals surface area (Å²) in [6.45, 7) is 13.7. The van der Waals surface area contributed by atoms with Crippen LogP contribution in [-0.4, -0.2) is 49.5 Å². The third-order valence-corrected chi connectivity index (χ3v) is 5.19. The van der Waals surface area contributed by atoms with Crippen molar-refractivity contribution >= 4 is 17.5 Å². The molecule has 2 N–H and O–H groups in total. The van der Waals surface area contributed by atoms with Crippen molar-refractivity contribution in [2.45, 2.75) is 40.5 Å². The SMILES string of the molecule is CCN(CC)CCNC(=O)c1ccc(NC(=O)COc2cc(C)ccc2C(C)C)cc1. The van der Waals surface area contributed by atoms with Gasteiger partial charge in [-0.15, -0.1) is 0 Å². The highest BCUT2D eigenvalue weighted by Gasteiger charge is 2.11. The Balaban J connectivity index is 1.85. The summed E-state index contributed by atoms with van der Waals surface area (Å²) in [5, 5.41) is 5.74. The van der Waals surface area contributed by atoms with Crippen molar-refractivity contribution in [3.63, 3.8) is 0 Å². The minimum absolute atomic E-state index is 0.0727. The first-order chi connectivity index (χ1) is 14.8. The zero-order chi connectivity index (χ0) is 22.8. The van der Waals surface area contributed by atoms with E-state index in [4.69, 9.17) is 4.74 Å². The number of rotatable bonds is 11. The molecule has 2 amide bonds. The van der Waals surface area contributed by atoms with Gasteiger partial charge in [0.1, 0.15) is 5.75 Å². The molecule has 0 aliphatic carbocycles. The molecule has 0 aliphatic rings. The fraction of sp³-hybridized carbons (Fsp3) is 0.440. The Morgan fingerprint density at radius 3 is 2.32 bits per heavy atom. The van der Waals surface area contributed by atoms with Gasteiger partial charge in [-0.2, -0.15) is 0 Å². The average molecular weight is 426 g/mol. The number of amides is 2. The molecule has 2 aromatic carbocycles. The van der Waals surface area contributed by atoms with Crippen molar-refractivity contribution in [3.8, 4) is 5.75 Å². The molecule has 0 spiro atoms. The monoisotopic (exact) mass is 425 g/mol. The summed E-state index contributed by atoms with van der Waals surface area (Å²) >= 11 is 0. The number of carbonyl (C=O) groups excluding carboxylic acids is 2. The van der Waals surface area contributed by atoms with Crippen molar-refractivity contribution in [3.05, 3.63) is 59.2 Å². The fourth-order valence-corrected chi connectivity index (χ4v) is 3.26. The van der Waals surface area contributed by atoms with Gasteiger partial charge in [-0.1, -0.05) is 39.8 Å². The lowest BCUT2D eigenvalue weighted by atomic mass is 10.0. The Labute approximate surface area is 186 Å². The lowest BCUT2D eigenvalue weighted by molar-refractivity contribution is -0.118. The van der Waals surface area contributed by atoms with Crippen molar-refractivity contribution in [2.75, 3.05) is 38.1 Å². The molecular formula is C25H35N3O3. The molecule has 0 unspecified atom stereocenters. The summed E-state index contributed by atoms with van der Waals surface area (Å²) in [6.07, 6.45) is 0.